The highest BCUT2D eigenvalue weighted by Gasteiger charge is 2.40. The summed E-state index contributed by atoms with van der Waals surface area (Å²) in [4.78, 5) is 14.3. The predicted molar refractivity (Wildman–Crippen MR) is 86.8 cm³/mol. The molecule has 0 bridgehead atoms. The summed E-state index contributed by atoms with van der Waals surface area (Å²) in [5.41, 5.74) is 0. The molecule has 0 radical (unpaired) electrons. The standard InChI is InChI=1S/C17H26N2O5/c1-4-21-16(20)15(12(2)3)13-11-14(18-24-13)19-7-5-17(6-8-19)22-9-10-23-17/h11-12,15H,4-10H2,1-3H3. The zero-order valence-corrected chi connectivity index (χ0v) is 14.6. The van der Waals surface area contributed by atoms with Crippen LogP contribution < -0.4 is 4.90 Å². The molecule has 134 valence electrons. The molecule has 0 N–H and O–H groups in total. The second-order valence-corrected chi connectivity index (χ2v) is 6.66. The number of aromatic nitrogens is 1. The Morgan fingerprint density at radius 1 is 1.33 bits per heavy atom. The number of piperidine rings is 1. The number of esters is 1. The van der Waals surface area contributed by atoms with E-state index in [1.165, 1.54) is 0 Å². The van der Waals surface area contributed by atoms with Crippen molar-refractivity contribution in [2.45, 2.75) is 45.3 Å². The highest BCUT2D eigenvalue weighted by Crippen LogP contribution is 2.34. The first-order valence-corrected chi connectivity index (χ1v) is 8.71. The lowest BCUT2D eigenvalue weighted by atomic mass is 9.93. The number of anilines is 1. The van der Waals surface area contributed by atoms with Gasteiger partial charge in [0.15, 0.2) is 17.4 Å². The van der Waals surface area contributed by atoms with Gasteiger partial charge in [-0.1, -0.05) is 19.0 Å². The van der Waals surface area contributed by atoms with Gasteiger partial charge in [0.1, 0.15) is 5.92 Å². The Balaban J connectivity index is 1.67. The van der Waals surface area contributed by atoms with Crippen molar-refractivity contribution in [3.8, 4) is 0 Å². The Morgan fingerprint density at radius 2 is 2.00 bits per heavy atom. The van der Waals surface area contributed by atoms with E-state index in [0.29, 0.717) is 25.6 Å². The van der Waals surface area contributed by atoms with Gasteiger partial charge in [-0.15, -0.1) is 0 Å². The minimum atomic E-state index is -0.427. The Labute approximate surface area is 142 Å². The lowest BCUT2D eigenvalue weighted by molar-refractivity contribution is -0.169. The smallest absolute Gasteiger partial charge is 0.317 e. The fraction of sp³-hybridized carbons (Fsp3) is 0.765. The van der Waals surface area contributed by atoms with Crippen LogP contribution in [0.2, 0.25) is 0 Å². The van der Waals surface area contributed by atoms with Gasteiger partial charge in [-0.2, -0.15) is 0 Å². The second kappa shape index (κ2) is 7.11. The van der Waals surface area contributed by atoms with Crippen LogP contribution in [0.25, 0.3) is 0 Å². The summed E-state index contributed by atoms with van der Waals surface area (Å²) in [6.45, 7) is 9.03. The predicted octanol–water partition coefficient (Wildman–Crippen LogP) is 2.32. The number of rotatable bonds is 5. The van der Waals surface area contributed by atoms with Crippen LogP contribution in [0.5, 0.6) is 0 Å². The zero-order valence-electron chi connectivity index (χ0n) is 14.6. The van der Waals surface area contributed by atoms with E-state index in [1.54, 1.807) is 6.92 Å². The van der Waals surface area contributed by atoms with Crippen molar-refractivity contribution in [2.24, 2.45) is 5.92 Å². The van der Waals surface area contributed by atoms with Crippen molar-refractivity contribution >= 4 is 11.8 Å². The van der Waals surface area contributed by atoms with Gasteiger partial charge in [0.25, 0.3) is 0 Å². The van der Waals surface area contributed by atoms with E-state index in [9.17, 15) is 4.79 Å². The third-order valence-corrected chi connectivity index (χ3v) is 4.69. The lowest BCUT2D eigenvalue weighted by Crippen LogP contribution is -2.45. The maximum atomic E-state index is 12.2. The number of hydrogen-bond acceptors (Lipinski definition) is 7. The minimum absolute atomic E-state index is 0.0785. The molecule has 2 fully saturated rings. The van der Waals surface area contributed by atoms with Crippen LogP contribution in [0.3, 0.4) is 0 Å². The van der Waals surface area contributed by atoms with Crippen molar-refractivity contribution in [3.05, 3.63) is 11.8 Å². The topological polar surface area (TPSA) is 74.0 Å². The van der Waals surface area contributed by atoms with Gasteiger partial charge in [-0.3, -0.25) is 4.79 Å². The van der Waals surface area contributed by atoms with Crippen LogP contribution in [0.15, 0.2) is 10.6 Å². The molecule has 1 atom stereocenters. The third kappa shape index (κ3) is 3.42. The Bertz CT molecular complexity index is 555. The molecule has 2 aliphatic heterocycles. The highest BCUT2D eigenvalue weighted by molar-refractivity contribution is 5.77. The molecule has 7 heteroatoms. The summed E-state index contributed by atoms with van der Waals surface area (Å²) in [6.07, 6.45) is 1.61. The molecule has 24 heavy (non-hydrogen) atoms. The van der Waals surface area contributed by atoms with E-state index in [0.717, 1.165) is 31.7 Å². The van der Waals surface area contributed by atoms with E-state index < -0.39 is 11.7 Å². The number of hydrogen-bond donors (Lipinski definition) is 0. The number of ether oxygens (including phenoxy) is 3. The van der Waals surface area contributed by atoms with Gasteiger partial charge in [0, 0.05) is 32.0 Å². The van der Waals surface area contributed by atoms with Crippen LogP contribution >= 0.6 is 0 Å². The van der Waals surface area contributed by atoms with Gasteiger partial charge >= 0.3 is 5.97 Å². The van der Waals surface area contributed by atoms with Crippen molar-refractivity contribution in [3.63, 3.8) is 0 Å². The first-order chi connectivity index (χ1) is 11.5. The molecule has 3 heterocycles. The molecule has 7 nitrogen and oxygen atoms in total. The molecule has 0 saturated carbocycles. The monoisotopic (exact) mass is 338 g/mol. The number of carbonyl (C=O) groups excluding carboxylic acids is 1. The van der Waals surface area contributed by atoms with Crippen LogP contribution in [-0.4, -0.2) is 49.8 Å². The van der Waals surface area contributed by atoms with Crippen LogP contribution in [-0.2, 0) is 19.0 Å². The van der Waals surface area contributed by atoms with Gasteiger partial charge in [0.05, 0.1) is 19.8 Å². The van der Waals surface area contributed by atoms with Crippen LogP contribution in [0.4, 0.5) is 5.82 Å². The summed E-state index contributed by atoms with van der Waals surface area (Å²) < 4.78 is 22.1. The Kier molecular flexibility index (Phi) is 5.10. The summed E-state index contributed by atoms with van der Waals surface area (Å²) in [7, 11) is 0. The van der Waals surface area contributed by atoms with Crippen LogP contribution in [0, 0.1) is 5.92 Å². The first-order valence-electron chi connectivity index (χ1n) is 8.71. The van der Waals surface area contributed by atoms with Crippen molar-refractivity contribution in [1.82, 2.24) is 5.16 Å². The fourth-order valence-electron chi connectivity index (χ4n) is 3.39. The molecule has 1 spiro atoms. The van der Waals surface area contributed by atoms with Crippen molar-refractivity contribution in [2.75, 3.05) is 37.8 Å². The molecule has 0 aliphatic carbocycles. The molecule has 1 unspecified atom stereocenters. The Hall–Kier alpha value is -1.60. The van der Waals surface area contributed by atoms with Crippen molar-refractivity contribution < 1.29 is 23.5 Å². The van der Waals surface area contributed by atoms with Crippen LogP contribution in [0.1, 0.15) is 45.3 Å². The zero-order chi connectivity index (χ0) is 17.2. The largest absolute Gasteiger partial charge is 0.465 e. The second-order valence-electron chi connectivity index (χ2n) is 6.66. The molecule has 3 rings (SSSR count). The van der Waals surface area contributed by atoms with Crippen molar-refractivity contribution in [1.29, 1.82) is 0 Å². The van der Waals surface area contributed by atoms with E-state index >= 15 is 0 Å². The molecule has 2 aliphatic rings. The summed E-state index contributed by atoms with van der Waals surface area (Å²) in [5.74, 6) is 0.299. The Morgan fingerprint density at radius 3 is 2.58 bits per heavy atom. The average molecular weight is 338 g/mol. The maximum absolute atomic E-state index is 12.2. The maximum Gasteiger partial charge on any atom is 0.317 e. The molecule has 2 saturated heterocycles. The SMILES string of the molecule is CCOC(=O)C(c1cc(N2CCC3(CC2)OCCO3)no1)C(C)C. The summed E-state index contributed by atoms with van der Waals surface area (Å²) in [6, 6.07) is 1.86. The summed E-state index contributed by atoms with van der Waals surface area (Å²) >= 11 is 0. The van der Waals surface area contributed by atoms with Gasteiger partial charge in [0.2, 0.25) is 0 Å². The highest BCUT2D eigenvalue weighted by atomic mass is 16.7. The van der Waals surface area contributed by atoms with E-state index in [4.69, 9.17) is 18.7 Å². The third-order valence-electron chi connectivity index (χ3n) is 4.69. The van der Waals surface area contributed by atoms with E-state index in [2.05, 4.69) is 10.1 Å². The molecular formula is C17H26N2O5. The summed E-state index contributed by atoms with van der Waals surface area (Å²) in [5, 5.41) is 4.16. The first kappa shape index (κ1) is 17.2. The van der Waals surface area contributed by atoms with E-state index in [-0.39, 0.29) is 11.9 Å². The van der Waals surface area contributed by atoms with E-state index in [1.807, 2.05) is 19.9 Å². The number of nitrogens with zero attached hydrogens (tertiary/aromatic N) is 2. The minimum Gasteiger partial charge on any atom is -0.465 e. The molecular weight excluding hydrogens is 312 g/mol. The quantitative estimate of drug-likeness (QED) is 0.763. The lowest BCUT2D eigenvalue weighted by Gasteiger charge is -2.37. The van der Waals surface area contributed by atoms with Gasteiger partial charge in [-0.25, -0.2) is 0 Å². The molecule has 1 aromatic heterocycles. The average Bonchev–Trinajstić information content (AvgIpc) is 3.19. The molecule has 1 aromatic rings. The normalized spacial score (nSPS) is 21.4. The van der Waals surface area contributed by atoms with Gasteiger partial charge < -0.3 is 23.6 Å². The number of carbonyl (C=O) groups is 1. The fourth-order valence-corrected chi connectivity index (χ4v) is 3.39. The van der Waals surface area contributed by atoms with Gasteiger partial charge in [-0.05, 0) is 12.8 Å². The molecule has 0 aromatic carbocycles. The molecule has 0 amide bonds.